The highest BCUT2D eigenvalue weighted by Gasteiger charge is 2.13. The summed E-state index contributed by atoms with van der Waals surface area (Å²) >= 11 is 5.98. The highest BCUT2D eigenvalue weighted by atomic mass is 35.5. The molecule has 3 amide bonds. The fourth-order valence-corrected chi connectivity index (χ4v) is 3.16. The third kappa shape index (κ3) is 6.09. The van der Waals surface area contributed by atoms with Crippen LogP contribution in [0.25, 0.3) is 0 Å². The van der Waals surface area contributed by atoms with Crippen LogP contribution in [0.3, 0.4) is 0 Å². The van der Waals surface area contributed by atoms with Gasteiger partial charge in [-0.25, -0.2) is 4.79 Å². The first-order valence-electron chi connectivity index (χ1n) is 9.72. The van der Waals surface area contributed by atoms with E-state index in [1.165, 1.54) is 5.56 Å². The summed E-state index contributed by atoms with van der Waals surface area (Å²) in [7, 11) is 0. The van der Waals surface area contributed by atoms with Gasteiger partial charge in [0.15, 0.2) is 0 Å². The third-order valence-corrected chi connectivity index (χ3v) is 4.85. The van der Waals surface area contributed by atoms with Gasteiger partial charge in [0.25, 0.3) is 5.91 Å². The molecule has 3 rings (SSSR count). The number of carbonyl (C=O) groups excluding carboxylic acids is 2. The van der Waals surface area contributed by atoms with Gasteiger partial charge in [-0.05, 0) is 48.4 Å². The number of rotatable bonds is 7. The van der Waals surface area contributed by atoms with Gasteiger partial charge in [-0.3, -0.25) is 10.1 Å². The summed E-state index contributed by atoms with van der Waals surface area (Å²) in [6, 6.07) is 23.1. The van der Waals surface area contributed by atoms with E-state index in [2.05, 4.69) is 29.7 Å². The number of ether oxygens (including phenoxy) is 1. The molecule has 30 heavy (non-hydrogen) atoms. The number of halogens is 1. The summed E-state index contributed by atoms with van der Waals surface area (Å²) in [5.41, 5.74) is 2.01. The van der Waals surface area contributed by atoms with Crippen molar-refractivity contribution in [2.24, 2.45) is 0 Å². The highest BCUT2D eigenvalue weighted by molar-refractivity contribution is 6.34. The van der Waals surface area contributed by atoms with Gasteiger partial charge in [-0.2, -0.15) is 0 Å². The zero-order valence-corrected chi connectivity index (χ0v) is 17.4. The molecule has 0 bridgehead atoms. The Kier molecular flexibility index (Phi) is 7.46. The Labute approximate surface area is 181 Å². The Bertz CT molecular complexity index is 991. The van der Waals surface area contributed by atoms with Crippen LogP contribution in [-0.4, -0.2) is 18.0 Å². The van der Waals surface area contributed by atoms with E-state index in [1.807, 2.05) is 18.2 Å². The number of benzene rings is 3. The van der Waals surface area contributed by atoms with Crippen LogP contribution in [-0.2, 0) is 6.42 Å². The average Bonchev–Trinajstić information content (AvgIpc) is 2.75. The third-order valence-electron chi connectivity index (χ3n) is 4.52. The van der Waals surface area contributed by atoms with E-state index in [1.54, 1.807) is 48.5 Å². The molecular formula is C24H23ClN2O3. The van der Waals surface area contributed by atoms with E-state index in [0.29, 0.717) is 5.69 Å². The summed E-state index contributed by atoms with van der Waals surface area (Å²) < 4.78 is 6.07. The van der Waals surface area contributed by atoms with E-state index in [9.17, 15) is 9.59 Å². The zero-order chi connectivity index (χ0) is 21.3. The topological polar surface area (TPSA) is 67.4 Å². The summed E-state index contributed by atoms with van der Waals surface area (Å²) in [6.45, 7) is 2.09. The zero-order valence-electron chi connectivity index (χ0n) is 16.6. The Morgan fingerprint density at radius 3 is 2.27 bits per heavy atom. The Hall–Kier alpha value is -3.31. The van der Waals surface area contributed by atoms with Crippen molar-refractivity contribution in [2.75, 3.05) is 5.32 Å². The first kappa shape index (κ1) is 21.4. The van der Waals surface area contributed by atoms with Crippen molar-refractivity contribution in [3.05, 3.63) is 95.0 Å². The number of anilines is 1. The van der Waals surface area contributed by atoms with Crippen LogP contribution in [0.15, 0.2) is 78.9 Å². The van der Waals surface area contributed by atoms with E-state index in [-0.39, 0.29) is 16.7 Å². The molecule has 0 saturated heterocycles. The second-order valence-electron chi connectivity index (χ2n) is 6.75. The molecule has 0 heterocycles. The van der Waals surface area contributed by atoms with E-state index in [4.69, 9.17) is 16.3 Å². The number of carbonyl (C=O) groups is 2. The van der Waals surface area contributed by atoms with Gasteiger partial charge in [0.1, 0.15) is 11.9 Å². The highest BCUT2D eigenvalue weighted by Crippen LogP contribution is 2.20. The molecular weight excluding hydrogens is 400 g/mol. The van der Waals surface area contributed by atoms with Crippen molar-refractivity contribution in [3.8, 4) is 5.75 Å². The average molecular weight is 423 g/mol. The standard InChI is InChI=1S/C24H23ClN2O3/c1-2-19(16-17-8-4-3-5-9-17)30-20-14-12-18(13-15-20)26-24(29)27-23(28)21-10-6-7-11-22(21)25/h3-15,19H,2,16H2,1H3,(H2,26,27,28,29). The van der Waals surface area contributed by atoms with Crippen molar-refractivity contribution >= 4 is 29.2 Å². The van der Waals surface area contributed by atoms with Gasteiger partial charge >= 0.3 is 6.03 Å². The van der Waals surface area contributed by atoms with Gasteiger partial charge in [0.05, 0.1) is 10.6 Å². The molecule has 3 aromatic rings. The number of urea groups is 1. The lowest BCUT2D eigenvalue weighted by Crippen LogP contribution is -2.34. The summed E-state index contributed by atoms with van der Waals surface area (Å²) in [5, 5.41) is 5.17. The minimum atomic E-state index is -0.635. The predicted molar refractivity (Wildman–Crippen MR) is 119 cm³/mol. The van der Waals surface area contributed by atoms with Crippen molar-refractivity contribution in [1.82, 2.24) is 5.32 Å². The molecule has 0 aromatic heterocycles. The number of hydrogen-bond donors (Lipinski definition) is 2. The fraction of sp³-hybridized carbons (Fsp3) is 0.167. The second kappa shape index (κ2) is 10.5. The predicted octanol–water partition coefficient (Wildman–Crippen LogP) is 5.70. The lowest BCUT2D eigenvalue weighted by molar-refractivity contribution is 0.0967. The van der Waals surface area contributed by atoms with Crippen molar-refractivity contribution in [1.29, 1.82) is 0 Å². The molecule has 0 fully saturated rings. The van der Waals surface area contributed by atoms with Crippen LogP contribution in [0.5, 0.6) is 5.75 Å². The molecule has 2 N–H and O–H groups in total. The molecule has 0 aliphatic rings. The summed E-state index contributed by atoms with van der Waals surface area (Å²) in [6.07, 6.45) is 1.76. The minimum Gasteiger partial charge on any atom is -0.490 e. The molecule has 0 aliphatic heterocycles. The molecule has 1 atom stereocenters. The molecule has 5 nitrogen and oxygen atoms in total. The Morgan fingerprint density at radius 1 is 0.933 bits per heavy atom. The maximum absolute atomic E-state index is 12.1. The van der Waals surface area contributed by atoms with Crippen molar-refractivity contribution in [2.45, 2.75) is 25.9 Å². The van der Waals surface area contributed by atoms with Crippen LogP contribution in [0.4, 0.5) is 10.5 Å². The molecule has 3 aromatic carbocycles. The molecule has 1 unspecified atom stereocenters. The molecule has 0 aliphatic carbocycles. The smallest absolute Gasteiger partial charge is 0.326 e. The monoisotopic (exact) mass is 422 g/mol. The normalized spacial score (nSPS) is 11.4. The quantitative estimate of drug-likeness (QED) is 0.513. The largest absolute Gasteiger partial charge is 0.490 e. The number of imide groups is 1. The molecule has 0 spiro atoms. The number of amides is 3. The van der Waals surface area contributed by atoms with Crippen LogP contribution in [0.2, 0.25) is 5.02 Å². The first-order valence-corrected chi connectivity index (χ1v) is 10.1. The SMILES string of the molecule is CCC(Cc1ccccc1)Oc1ccc(NC(=O)NC(=O)c2ccccc2Cl)cc1. The lowest BCUT2D eigenvalue weighted by Gasteiger charge is -2.18. The number of nitrogens with one attached hydrogen (secondary N) is 2. The maximum Gasteiger partial charge on any atom is 0.326 e. The van der Waals surface area contributed by atoms with Crippen molar-refractivity contribution in [3.63, 3.8) is 0 Å². The van der Waals surface area contributed by atoms with E-state index < -0.39 is 11.9 Å². The van der Waals surface area contributed by atoms with Gasteiger partial charge in [0.2, 0.25) is 0 Å². The summed E-state index contributed by atoms with van der Waals surface area (Å²) in [5.74, 6) is 0.153. The van der Waals surface area contributed by atoms with E-state index >= 15 is 0 Å². The van der Waals surface area contributed by atoms with E-state index in [0.717, 1.165) is 18.6 Å². The first-order chi connectivity index (χ1) is 14.5. The second-order valence-corrected chi connectivity index (χ2v) is 7.16. The molecule has 154 valence electrons. The molecule has 0 saturated carbocycles. The van der Waals surface area contributed by atoms with Crippen LogP contribution >= 0.6 is 11.6 Å². The maximum atomic E-state index is 12.1. The lowest BCUT2D eigenvalue weighted by atomic mass is 10.1. The van der Waals surface area contributed by atoms with Gasteiger partial charge < -0.3 is 10.1 Å². The van der Waals surface area contributed by atoms with Gasteiger partial charge in [-0.15, -0.1) is 0 Å². The summed E-state index contributed by atoms with van der Waals surface area (Å²) in [4.78, 5) is 24.3. The van der Waals surface area contributed by atoms with Gasteiger partial charge in [-0.1, -0.05) is 61.0 Å². The van der Waals surface area contributed by atoms with Crippen LogP contribution in [0.1, 0.15) is 29.3 Å². The number of hydrogen-bond acceptors (Lipinski definition) is 3. The Morgan fingerprint density at radius 2 is 1.60 bits per heavy atom. The van der Waals surface area contributed by atoms with Crippen molar-refractivity contribution < 1.29 is 14.3 Å². The van der Waals surface area contributed by atoms with Crippen LogP contribution in [0, 0.1) is 0 Å². The Balaban J connectivity index is 1.54. The van der Waals surface area contributed by atoms with Crippen LogP contribution < -0.4 is 15.4 Å². The minimum absolute atomic E-state index is 0.0581. The molecule has 0 radical (unpaired) electrons. The van der Waals surface area contributed by atoms with Gasteiger partial charge in [0, 0.05) is 12.1 Å². The molecule has 6 heteroatoms. The fourth-order valence-electron chi connectivity index (χ4n) is 2.93.